The molecule has 7 heteroatoms. The maximum atomic E-state index is 12.3. The topological polar surface area (TPSA) is 97.0 Å². The third kappa shape index (κ3) is 4.11. The van der Waals surface area contributed by atoms with Crippen molar-refractivity contribution in [3.05, 3.63) is 41.3 Å². The summed E-state index contributed by atoms with van der Waals surface area (Å²) >= 11 is 0. The summed E-state index contributed by atoms with van der Waals surface area (Å²) < 4.78 is 0. The van der Waals surface area contributed by atoms with Gasteiger partial charge in [0.25, 0.3) is 0 Å². The largest absolute Gasteiger partial charge is 0.368 e. The molecule has 3 N–H and O–H groups in total. The average Bonchev–Trinajstić information content (AvgIpc) is 2.56. The van der Waals surface area contributed by atoms with Gasteiger partial charge in [-0.05, 0) is 6.07 Å². The molecular weight excluding hydrogens is 316 g/mol. The molecule has 0 aliphatic carbocycles. The molecule has 0 saturated heterocycles. The Bertz CT molecular complexity index is 783. The third-order valence-corrected chi connectivity index (χ3v) is 4.23. The molecule has 3 heterocycles. The van der Waals surface area contributed by atoms with E-state index in [9.17, 15) is 4.79 Å². The van der Waals surface area contributed by atoms with E-state index in [4.69, 9.17) is 5.73 Å². The molecule has 0 radical (unpaired) electrons. The lowest BCUT2D eigenvalue weighted by Gasteiger charge is -2.28. The van der Waals surface area contributed by atoms with Gasteiger partial charge in [0.1, 0.15) is 5.82 Å². The summed E-state index contributed by atoms with van der Waals surface area (Å²) in [6.45, 7) is 8.01. The summed E-state index contributed by atoms with van der Waals surface area (Å²) in [5.41, 5.74) is 8.32. The van der Waals surface area contributed by atoms with Gasteiger partial charge in [-0.3, -0.25) is 9.69 Å². The smallest absolute Gasteiger partial charge is 0.230 e. The Kier molecular flexibility index (Phi) is 4.67. The van der Waals surface area contributed by atoms with Gasteiger partial charge in [0.05, 0.1) is 5.69 Å². The van der Waals surface area contributed by atoms with Crippen LogP contribution in [0.3, 0.4) is 0 Å². The van der Waals surface area contributed by atoms with Gasteiger partial charge in [-0.25, -0.2) is 15.0 Å². The summed E-state index contributed by atoms with van der Waals surface area (Å²) in [6, 6.07) is 3.89. The van der Waals surface area contributed by atoms with Crippen LogP contribution in [0.1, 0.15) is 37.6 Å². The molecule has 132 valence electrons. The summed E-state index contributed by atoms with van der Waals surface area (Å²) in [6.07, 6.45) is 4.34. The number of hydrogen-bond acceptors (Lipinski definition) is 6. The Morgan fingerprint density at radius 1 is 1.36 bits per heavy atom. The number of nitrogen functional groups attached to an aromatic ring is 1. The molecule has 25 heavy (non-hydrogen) atoms. The number of amides is 1. The van der Waals surface area contributed by atoms with Crippen molar-refractivity contribution >= 4 is 17.7 Å². The number of rotatable bonds is 3. The molecule has 0 bridgehead atoms. The van der Waals surface area contributed by atoms with E-state index in [0.29, 0.717) is 18.3 Å². The first-order valence-electron chi connectivity index (χ1n) is 8.41. The van der Waals surface area contributed by atoms with Gasteiger partial charge >= 0.3 is 0 Å². The van der Waals surface area contributed by atoms with E-state index in [1.54, 1.807) is 12.4 Å². The zero-order valence-corrected chi connectivity index (χ0v) is 14.9. The SMILES string of the molecule is CC(C)(C)C(=O)Nc1ncccc1CN1CCc2nc(N)ncc2C1. The fourth-order valence-electron chi connectivity index (χ4n) is 2.74. The van der Waals surface area contributed by atoms with Crippen molar-refractivity contribution < 1.29 is 4.79 Å². The van der Waals surface area contributed by atoms with Crippen LogP contribution in [0.15, 0.2) is 24.5 Å². The number of aromatic nitrogens is 3. The Labute approximate surface area is 147 Å². The van der Waals surface area contributed by atoms with Crippen molar-refractivity contribution in [3.63, 3.8) is 0 Å². The minimum Gasteiger partial charge on any atom is -0.368 e. The second kappa shape index (κ2) is 6.76. The second-order valence-electron chi connectivity index (χ2n) is 7.38. The molecule has 3 rings (SSSR count). The van der Waals surface area contributed by atoms with Crippen molar-refractivity contribution in [2.75, 3.05) is 17.6 Å². The van der Waals surface area contributed by atoms with Gasteiger partial charge in [-0.15, -0.1) is 0 Å². The predicted octanol–water partition coefficient (Wildman–Crippen LogP) is 2.00. The quantitative estimate of drug-likeness (QED) is 0.887. The van der Waals surface area contributed by atoms with Gasteiger partial charge in [0.15, 0.2) is 0 Å². The van der Waals surface area contributed by atoms with Crippen molar-refractivity contribution in [3.8, 4) is 0 Å². The van der Waals surface area contributed by atoms with Crippen LogP contribution in [0, 0.1) is 5.41 Å². The van der Waals surface area contributed by atoms with E-state index in [0.717, 1.165) is 36.3 Å². The highest BCUT2D eigenvalue weighted by Gasteiger charge is 2.24. The fourth-order valence-corrected chi connectivity index (χ4v) is 2.74. The molecule has 1 amide bonds. The van der Waals surface area contributed by atoms with E-state index < -0.39 is 5.41 Å². The van der Waals surface area contributed by atoms with Gasteiger partial charge < -0.3 is 11.1 Å². The molecule has 2 aromatic rings. The van der Waals surface area contributed by atoms with Gasteiger partial charge in [-0.1, -0.05) is 26.8 Å². The molecule has 1 aliphatic rings. The number of fused-ring (bicyclic) bond motifs is 1. The molecule has 0 aromatic carbocycles. The number of nitrogens with two attached hydrogens (primary N) is 1. The van der Waals surface area contributed by atoms with Crippen molar-refractivity contribution in [1.82, 2.24) is 19.9 Å². The molecule has 1 aliphatic heterocycles. The molecule has 7 nitrogen and oxygen atoms in total. The first kappa shape index (κ1) is 17.3. The van der Waals surface area contributed by atoms with Crippen molar-refractivity contribution in [2.24, 2.45) is 5.41 Å². The van der Waals surface area contributed by atoms with Gasteiger partial charge in [0.2, 0.25) is 11.9 Å². The Balaban J connectivity index is 1.74. The Morgan fingerprint density at radius 2 is 2.16 bits per heavy atom. The number of nitrogens with zero attached hydrogens (tertiary/aromatic N) is 4. The maximum Gasteiger partial charge on any atom is 0.230 e. The number of nitrogens with one attached hydrogen (secondary N) is 1. The standard InChI is InChI=1S/C18H24N6O/c1-18(2,3)16(25)23-15-12(5-4-7-20-15)10-24-8-6-14-13(11-24)9-21-17(19)22-14/h4-5,7,9H,6,8,10-11H2,1-3H3,(H2,19,21,22)(H,20,23,25). The van der Waals surface area contributed by atoms with Gasteiger partial charge in [0, 0.05) is 55.0 Å². The lowest BCUT2D eigenvalue weighted by molar-refractivity contribution is -0.123. The van der Waals surface area contributed by atoms with Gasteiger partial charge in [-0.2, -0.15) is 0 Å². The van der Waals surface area contributed by atoms with Crippen LogP contribution in [0.5, 0.6) is 0 Å². The number of anilines is 2. The van der Waals surface area contributed by atoms with Crippen LogP contribution < -0.4 is 11.1 Å². The fraction of sp³-hybridized carbons (Fsp3) is 0.444. The Hall–Kier alpha value is -2.54. The van der Waals surface area contributed by atoms with Crippen LogP contribution >= 0.6 is 0 Å². The lowest BCUT2D eigenvalue weighted by atomic mass is 9.95. The van der Waals surface area contributed by atoms with Crippen LogP contribution in [0.2, 0.25) is 0 Å². The molecular formula is C18H24N6O. The van der Waals surface area contributed by atoms with Crippen LogP contribution in [-0.2, 0) is 24.3 Å². The van der Waals surface area contributed by atoms with Crippen molar-refractivity contribution in [2.45, 2.75) is 40.3 Å². The van der Waals surface area contributed by atoms with E-state index >= 15 is 0 Å². The second-order valence-corrected chi connectivity index (χ2v) is 7.38. The molecule has 2 aromatic heterocycles. The highest BCUT2D eigenvalue weighted by Crippen LogP contribution is 2.23. The number of pyridine rings is 1. The number of carbonyl (C=O) groups is 1. The third-order valence-electron chi connectivity index (χ3n) is 4.23. The highest BCUT2D eigenvalue weighted by atomic mass is 16.2. The Morgan fingerprint density at radius 3 is 2.92 bits per heavy atom. The first-order chi connectivity index (χ1) is 11.8. The minimum absolute atomic E-state index is 0.0414. The maximum absolute atomic E-state index is 12.3. The average molecular weight is 340 g/mol. The molecule has 0 unspecified atom stereocenters. The highest BCUT2D eigenvalue weighted by molar-refractivity contribution is 5.94. The predicted molar refractivity (Wildman–Crippen MR) is 96.6 cm³/mol. The number of hydrogen-bond donors (Lipinski definition) is 2. The zero-order chi connectivity index (χ0) is 18.0. The molecule has 0 saturated carbocycles. The van der Waals surface area contributed by atoms with Crippen LogP contribution in [0.25, 0.3) is 0 Å². The van der Waals surface area contributed by atoms with E-state index in [1.165, 1.54) is 0 Å². The van der Waals surface area contributed by atoms with Crippen molar-refractivity contribution in [1.29, 1.82) is 0 Å². The van der Waals surface area contributed by atoms with E-state index in [-0.39, 0.29) is 5.91 Å². The van der Waals surface area contributed by atoms with E-state index in [1.807, 2.05) is 32.9 Å². The summed E-state index contributed by atoms with van der Waals surface area (Å²) in [5.74, 6) is 0.911. The minimum atomic E-state index is -0.462. The summed E-state index contributed by atoms with van der Waals surface area (Å²) in [7, 11) is 0. The van der Waals surface area contributed by atoms with Crippen LogP contribution in [0.4, 0.5) is 11.8 Å². The lowest BCUT2D eigenvalue weighted by Crippen LogP contribution is -2.32. The molecule has 0 spiro atoms. The first-order valence-corrected chi connectivity index (χ1v) is 8.41. The van der Waals surface area contributed by atoms with Crippen LogP contribution in [-0.4, -0.2) is 32.3 Å². The number of carbonyl (C=O) groups excluding carboxylic acids is 1. The van der Waals surface area contributed by atoms with E-state index in [2.05, 4.69) is 25.2 Å². The molecule has 0 atom stereocenters. The normalized spacial score (nSPS) is 14.8. The zero-order valence-electron chi connectivity index (χ0n) is 14.9. The summed E-state index contributed by atoms with van der Waals surface area (Å²) in [4.78, 5) is 27.3. The monoisotopic (exact) mass is 340 g/mol. The molecule has 0 fully saturated rings. The summed E-state index contributed by atoms with van der Waals surface area (Å²) in [5, 5.41) is 2.95.